The summed E-state index contributed by atoms with van der Waals surface area (Å²) in [7, 11) is 0.995. The van der Waals surface area contributed by atoms with Gasteiger partial charge in [-0.1, -0.05) is 0 Å². The second-order valence-corrected chi connectivity index (χ2v) is 11.9. The SMILES string of the molecule is COc1cc2c(cc1OC)CN(S(=O)(=O)c1ccc(OC)c(N3CCN(C(=O)CCSC)CC3)c1)CC2. The molecule has 0 aliphatic carbocycles. The van der Waals surface area contributed by atoms with Crippen molar-refractivity contribution in [1.82, 2.24) is 9.21 Å². The van der Waals surface area contributed by atoms with E-state index < -0.39 is 10.0 Å². The van der Waals surface area contributed by atoms with Crippen LogP contribution in [0, 0.1) is 0 Å². The Kier molecular flexibility index (Phi) is 8.76. The number of nitrogens with zero attached hydrogens (tertiary/aromatic N) is 3. The van der Waals surface area contributed by atoms with Crippen LogP contribution in [0.1, 0.15) is 17.5 Å². The van der Waals surface area contributed by atoms with Gasteiger partial charge in [-0.05, 0) is 54.1 Å². The fraction of sp³-hybridized carbons (Fsp3) is 0.500. The van der Waals surface area contributed by atoms with Crippen LogP contribution >= 0.6 is 11.8 Å². The maximum absolute atomic E-state index is 13.7. The first-order valence-corrected chi connectivity index (χ1v) is 15.1. The molecule has 2 aromatic rings. The number of amides is 1. The number of anilines is 1. The third kappa shape index (κ3) is 5.78. The van der Waals surface area contributed by atoms with Gasteiger partial charge in [0.1, 0.15) is 5.75 Å². The summed E-state index contributed by atoms with van der Waals surface area (Å²) in [4.78, 5) is 16.6. The summed E-state index contributed by atoms with van der Waals surface area (Å²) in [6, 6.07) is 8.79. The average molecular weight is 550 g/mol. The number of rotatable bonds is 9. The van der Waals surface area contributed by atoms with Gasteiger partial charge in [0.15, 0.2) is 11.5 Å². The fourth-order valence-electron chi connectivity index (χ4n) is 4.83. The van der Waals surface area contributed by atoms with Gasteiger partial charge in [0.25, 0.3) is 0 Å². The molecule has 2 aromatic carbocycles. The van der Waals surface area contributed by atoms with Gasteiger partial charge in [0.05, 0.1) is 31.9 Å². The van der Waals surface area contributed by atoms with Crippen molar-refractivity contribution < 1.29 is 27.4 Å². The zero-order valence-corrected chi connectivity index (χ0v) is 23.5. The molecule has 0 atom stereocenters. The predicted octanol–water partition coefficient (Wildman–Crippen LogP) is 2.86. The first-order chi connectivity index (χ1) is 17.8. The van der Waals surface area contributed by atoms with Crippen LogP contribution in [0.2, 0.25) is 0 Å². The van der Waals surface area contributed by atoms with Crippen LogP contribution < -0.4 is 19.1 Å². The Morgan fingerprint density at radius 2 is 1.54 bits per heavy atom. The standard InChI is InChI=1S/C26H35N3O6S2/c1-33-23-6-5-21(17-22(23)27-10-12-28(13-11-27)26(30)8-14-36-4)37(31,32)29-9-7-19-15-24(34-2)25(35-3)16-20(19)18-29/h5-6,15-17H,7-14,18H2,1-4H3. The van der Waals surface area contributed by atoms with E-state index in [4.69, 9.17) is 14.2 Å². The lowest BCUT2D eigenvalue weighted by molar-refractivity contribution is -0.131. The molecular formula is C26H35N3O6S2. The van der Waals surface area contributed by atoms with Crippen LogP contribution in [0.15, 0.2) is 35.2 Å². The van der Waals surface area contributed by atoms with Crippen molar-refractivity contribution in [3.63, 3.8) is 0 Å². The summed E-state index contributed by atoms with van der Waals surface area (Å²) in [6.07, 6.45) is 3.12. The Hall–Kier alpha value is -2.63. The first kappa shape index (κ1) is 27.4. The maximum atomic E-state index is 13.7. The molecule has 202 valence electrons. The topological polar surface area (TPSA) is 88.6 Å². The smallest absolute Gasteiger partial charge is 0.243 e. The highest BCUT2D eigenvalue weighted by Gasteiger charge is 2.31. The summed E-state index contributed by atoms with van der Waals surface area (Å²) in [5.41, 5.74) is 2.69. The van der Waals surface area contributed by atoms with Crippen LogP contribution in [-0.4, -0.2) is 89.6 Å². The fourth-order valence-corrected chi connectivity index (χ4v) is 6.65. The molecule has 11 heteroatoms. The molecule has 37 heavy (non-hydrogen) atoms. The summed E-state index contributed by atoms with van der Waals surface area (Å²) in [5, 5.41) is 0. The molecule has 2 heterocycles. The van der Waals surface area contributed by atoms with Crippen molar-refractivity contribution in [2.45, 2.75) is 24.3 Å². The molecular weight excluding hydrogens is 514 g/mol. The van der Waals surface area contributed by atoms with Crippen molar-refractivity contribution in [2.24, 2.45) is 0 Å². The number of hydrogen-bond acceptors (Lipinski definition) is 8. The van der Waals surface area contributed by atoms with Crippen LogP contribution in [-0.2, 0) is 27.8 Å². The number of hydrogen-bond donors (Lipinski definition) is 0. The van der Waals surface area contributed by atoms with Gasteiger partial charge < -0.3 is 24.0 Å². The molecule has 1 amide bonds. The van der Waals surface area contributed by atoms with E-state index in [2.05, 4.69) is 4.90 Å². The van der Waals surface area contributed by atoms with E-state index in [0.29, 0.717) is 62.8 Å². The molecule has 0 radical (unpaired) electrons. The average Bonchev–Trinajstić information content (AvgIpc) is 2.94. The van der Waals surface area contributed by atoms with Crippen molar-refractivity contribution in [1.29, 1.82) is 0 Å². The first-order valence-electron chi connectivity index (χ1n) is 12.3. The summed E-state index contributed by atoms with van der Waals surface area (Å²) in [5.74, 6) is 2.81. The van der Waals surface area contributed by atoms with Crippen LogP contribution in [0.4, 0.5) is 5.69 Å². The van der Waals surface area contributed by atoms with Crippen molar-refractivity contribution in [3.8, 4) is 17.2 Å². The minimum atomic E-state index is -3.75. The summed E-state index contributed by atoms with van der Waals surface area (Å²) in [6.45, 7) is 3.06. The third-order valence-electron chi connectivity index (χ3n) is 6.96. The van der Waals surface area contributed by atoms with E-state index in [-0.39, 0.29) is 17.3 Å². The molecule has 9 nitrogen and oxygen atoms in total. The predicted molar refractivity (Wildman–Crippen MR) is 146 cm³/mol. The van der Waals surface area contributed by atoms with Crippen LogP contribution in [0.5, 0.6) is 17.2 Å². The minimum Gasteiger partial charge on any atom is -0.495 e. The number of fused-ring (bicyclic) bond motifs is 1. The number of methoxy groups -OCH3 is 3. The highest BCUT2D eigenvalue weighted by molar-refractivity contribution is 7.98. The Morgan fingerprint density at radius 1 is 0.892 bits per heavy atom. The molecule has 1 fully saturated rings. The quantitative estimate of drug-likeness (QED) is 0.472. The number of carbonyl (C=O) groups is 1. The Balaban J connectivity index is 1.54. The lowest BCUT2D eigenvalue weighted by atomic mass is 10.0. The molecule has 0 spiro atoms. The van der Waals surface area contributed by atoms with E-state index in [0.717, 1.165) is 22.6 Å². The molecule has 2 aliphatic heterocycles. The normalized spacial score (nSPS) is 16.3. The Bertz CT molecular complexity index is 1230. The summed E-state index contributed by atoms with van der Waals surface area (Å²) >= 11 is 1.66. The molecule has 0 N–H and O–H groups in total. The molecule has 2 aliphatic rings. The van der Waals surface area contributed by atoms with Gasteiger partial charge in [0, 0.05) is 51.4 Å². The van der Waals surface area contributed by atoms with Crippen molar-refractivity contribution in [2.75, 3.05) is 71.0 Å². The Labute approximate surface area is 223 Å². The summed E-state index contributed by atoms with van der Waals surface area (Å²) < 4.78 is 45.3. The van der Waals surface area contributed by atoms with E-state index in [1.54, 1.807) is 51.3 Å². The number of ether oxygens (including phenoxy) is 3. The number of thioether (sulfide) groups is 1. The highest BCUT2D eigenvalue weighted by atomic mass is 32.2. The number of piperazine rings is 1. The molecule has 0 bridgehead atoms. The van der Waals surface area contributed by atoms with Gasteiger partial charge >= 0.3 is 0 Å². The molecule has 0 unspecified atom stereocenters. The molecule has 0 aromatic heterocycles. The molecule has 1 saturated heterocycles. The largest absolute Gasteiger partial charge is 0.495 e. The maximum Gasteiger partial charge on any atom is 0.243 e. The lowest BCUT2D eigenvalue weighted by Gasteiger charge is -2.37. The van der Waals surface area contributed by atoms with Gasteiger partial charge in [0.2, 0.25) is 15.9 Å². The third-order valence-corrected chi connectivity index (χ3v) is 9.42. The number of sulfonamides is 1. The van der Waals surface area contributed by atoms with Gasteiger partial charge in [-0.2, -0.15) is 16.1 Å². The number of benzene rings is 2. The zero-order chi connectivity index (χ0) is 26.6. The monoisotopic (exact) mass is 549 g/mol. The van der Waals surface area contributed by atoms with E-state index in [9.17, 15) is 13.2 Å². The Morgan fingerprint density at radius 3 is 2.16 bits per heavy atom. The van der Waals surface area contributed by atoms with Crippen molar-refractivity contribution >= 4 is 33.4 Å². The van der Waals surface area contributed by atoms with Gasteiger partial charge in [-0.15, -0.1) is 0 Å². The van der Waals surface area contributed by atoms with E-state index in [1.165, 1.54) is 4.31 Å². The second kappa shape index (κ2) is 11.8. The molecule has 4 rings (SSSR count). The second-order valence-electron chi connectivity index (χ2n) is 9.01. The zero-order valence-electron chi connectivity index (χ0n) is 21.9. The minimum absolute atomic E-state index is 0.164. The molecule has 0 saturated carbocycles. The van der Waals surface area contributed by atoms with Gasteiger partial charge in [-0.25, -0.2) is 8.42 Å². The lowest BCUT2D eigenvalue weighted by Crippen LogP contribution is -2.49. The van der Waals surface area contributed by atoms with E-state index >= 15 is 0 Å². The van der Waals surface area contributed by atoms with Gasteiger partial charge in [-0.3, -0.25) is 4.79 Å². The van der Waals surface area contributed by atoms with E-state index in [1.807, 2.05) is 23.3 Å². The highest BCUT2D eigenvalue weighted by Crippen LogP contribution is 2.36. The number of carbonyl (C=O) groups excluding carboxylic acids is 1. The van der Waals surface area contributed by atoms with Crippen molar-refractivity contribution in [3.05, 3.63) is 41.5 Å². The van der Waals surface area contributed by atoms with Crippen LogP contribution in [0.3, 0.4) is 0 Å². The van der Waals surface area contributed by atoms with Crippen LogP contribution in [0.25, 0.3) is 0 Å².